The van der Waals surface area contributed by atoms with Gasteiger partial charge in [0.05, 0.1) is 7.05 Å². The maximum Gasteiger partial charge on any atom is 0.231 e. The van der Waals surface area contributed by atoms with Crippen molar-refractivity contribution in [1.29, 1.82) is 0 Å². The molecule has 0 amide bonds. The van der Waals surface area contributed by atoms with Crippen molar-refractivity contribution in [3.05, 3.63) is 0 Å². The highest BCUT2D eigenvalue weighted by Crippen LogP contribution is 2.10. The van der Waals surface area contributed by atoms with Gasteiger partial charge in [-0.1, -0.05) is 11.8 Å². The number of rotatable bonds is 4. The number of tetrazole rings is 1. The molecule has 0 atom stereocenters. The molecule has 0 aliphatic carbocycles. The first-order chi connectivity index (χ1) is 5.33. The molecule has 0 saturated heterocycles. The Morgan fingerprint density at radius 1 is 1.64 bits per heavy atom. The SMILES string of the molecule is Cn1nnc(SCCCN)n1. The second-order valence-electron chi connectivity index (χ2n) is 2.05. The lowest BCUT2D eigenvalue weighted by Gasteiger charge is -1.91. The summed E-state index contributed by atoms with van der Waals surface area (Å²) in [7, 11) is 1.75. The molecule has 0 fully saturated rings. The van der Waals surface area contributed by atoms with E-state index in [-0.39, 0.29) is 0 Å². The minimum Gasteiger partial charge on any atom is -0.330 e. The highest BCUT2D eigenvalue weighted by molar-refractivity contribution is 7.99. The maximum absolute atomic E-state index is 5.32. The van der Waals surface area contributed by atoms with E-state index >= 15 is 0 Å². The molecule has 1 aromatic rings. The van der Waals surface area contributed by atoms with Gasteiger partial charge in [0, 0.05) is 5.75 Å². The van der Waals surface area contributed by atoms with Crippen molar-refractivity contribution in [3.63, 3.8) is 0 Å². The summed E-state index contributed by atoms with van der Waals surface area (Å²) in [6.45, 7) is 0.716. The molecule has 1 rings (SSSR count). The smallest absolute Gasteiger partial charge is 0.231 e. The van der Waals surface area contributed by atoms with Crippen molar-refractivity contribution in [3.8, 4) is 0 Å². The average Bonchev–Trinajstić information content (AvgIpc) is 2.37. The molecule has 0 saturated carbocycles. The van der Waals surface area contributed by atoms with Crippen LogP contribution in [0.25, 0.3) is 0 Å². The Kier molecular flexibility index (Phi) is 3.31. The number of hydrogen-bond acceptors (Lipinski definition) is 5. The third kappa shape index (κ3) is 2.85. The standard InChI is InChI=1S/C5H11N5S/c1-10-8-5(7-9-10)11-4-2-3-6/h2-4,6H2,1H3. The van der Waals surface area contributed by atoms with Crippen molar-refractivity contribution >= 4 is 11.8 Å². The molecule has 0 aliphatic rings. The van der Waals surface area contributed by atoms with Crippen LogP contribution in [0, 0.1) is 0 Å². The number of hydrogen-bond donors (Lipinski definition) is 1. The first kappa shape index (κ1) is 8.48. The molecule has 0 unspecified atom stereocenters. The van der Waals surface area contributed by atoms with E-state index in [4.69, 9.17) is 5.73 Å². The molecule has 11 heavy (non-hydrogen) atoms. The number of thioether (sulfide) groups is 1. The summed E-state index contributed by atoms with van der Waals surface area (Å²) in [4.78, 5) is 1.45. The van der Waals surface area contributed by atoms with Gasteiger partial charge in [0.15, 0.2) is 0 Å². The molecular formula is C5H11N5S. The van der Waals surface area contributed by atoms with E-state index in [1.807, 2.05) is 0 Å². The van der Waals surface area contributed by atoms with E-state index in [2.05, 4.69) is 15.4 Å². The molecule has 0 aromatic carbocycles. The van der Waals surface area contributed by atoms with Gasteiger partial charge in [-0.15, -0.1) is 10.2 Å². The predicted molar refractivity (Wildman–Crippen MR) is 43.2 cm³/mol. The van der Waals surface area contributed by atoms with Gasteiger partial charge in [-0.25, -0.2) is 0 Å². The molecule has 0 spiro atoms. The van der Waals surface area contributed by atoms with Gasteiger partial charge in [0.25, 0.3) is 0 Å². The van der Waals surface area contributed by atoms with Gasteiger partial charge in [0.1, 0.15) is 0 Å². The minimum atomic E-state index is 0.716. The van der Waals surface area contributed by atoms with Crippen LogP contribution >= 0.6 is 11.8 Å². The van der Waals surface area contributed by atoms with Gasteiger partial charge in [-0.2, -0.15) is 4.80 Å². The van der Waals surface area contributed by atoms with Gasteiger partial charge in [-0.05, 0) is 18.2 Å². The van der Waals surface area contributed by atoms with E-state index in [9.17, 15) is 0 Å². The topological polar surface area (TPSA) is 69.6 Å². The molecule has 0 radical (unpaired) electrons. The zero-order chi connectivity index (χ0) is 8.10. The Balaban J connectivity index is 2.27. The molecule has 62 valence electrons. The first-order valence-corrected chi connectivity index (χ1v) is 4.38. The average molecular weight is 173 g/mol. The highest BCUT2D eigenvalue weighted by atomic mass is 32.2. The van der Waals surface area contributed by atoms with Gasteiger partial charge in [0.2, 0.25) is 5.16 Å². The molecule has 0 aliphatic heterocycles. The third-order valence-corrected chi connectivity index (χ3v) is 1.98. The van der Waals surface area contributed by atoms with E-state index in [1.165, 1.54) is 4.80 Å². The van der Waals surface area contributed by atoms with E-state index in [0.29, 0.717) is 6.54 Å². The Bertz CT molecular complexity index is 210. The molecule has 5 nitrogen and oxygen atoms in total. The Hall–Kier alpha value is -0.620. The molecule has 6 heteroatoms. The predicted octanol–water partition coefficient (Wildman–Crippen LogP) is -0.349. The lowest BCUT2D eigenvalue weighted by atomic mass is 10.5. The van der Waals surface area contributed by atoms with E-state index in [0.717, 1.165) is 17.3 Å². The van der Waals surface area contributed by atoms with Crippen molar-refractivity contribution in [2.24, 2.45) is 12.8 Å². The summed E-state index contributed by atoms with van der Waals surface area (Å²) >= 11 is 1.58. The van der Waals surface area contributed by atoms with E-state index < -0.39 is 0 Å². The lowest BCUT2D eigenvalue weighted by Crippen LogP contribution is -1.99. The molecule has 2 N–H and O–H groups in total. The molecule has 1 heterocycles. The Morgan fingerprint density at radius 2 is 2.45 bits per heavy atom. The zero-order valence-electron chi connectivity index (χ0n) is 6.40. The fraction of sp³-hybridized carbons (Fsp3) is 0.800. The fourth-order valence-corrected chi connectivity index (χ4v) is 1.34. The Morgan fingerprint density at radius 3 is 3.00 bits per heavy atom. The summed E-state index contributed by atoms with van der Waals surface area (Å²) < 4.78 is 0. The summed E-state index contributed by atoms with van der Waals surface area (Å²) in [5, 5.41) is 12.2. The molecule has 1 aromatic heterocycles. The Labute approximate surface area is 69.3 Å². The van der Waals surface area contributed by atoms with Gasteiger partial charge >= 0.3 is 0 Å². The van der Waals surface area contributed by atoms with Crippen LogP contribution in [0.4, 0.5) is 0 Å². The van der Waals surface area contributed by atoms with Crippen LogP contribution in [0.1, 0.15) is 6.42 Å². The number of nitrogens with two attached hydrogens (primary N) is 1. The maximum atomic E-state index is 5.32. The quantitative estimate of drug-likeness (QED) is 0.498. The molecular weight excluding hydrogens is 162 g/mol. The van der Waals surface area contributed by atoms with Crippen LogP contribution in [-0.2, 0) is 7.05 Å². The fourth-order valence-electron chi connectivity index (χ4n) is 0.571. The van der Waals surface area contributed by atoms with Crippen molar-refractivity contribution in [2.45, 2.75) is 11.6 Å². The van der Waals surface area contributed by atoms with Crippen LogP contribution in [0.3, 0.4) is 0 Å². The summed E-state index contributed by atoms with van der Waals surface area (Å²) in [5.74, 6) is 0.961. The summed E-state index contributed by atoms with van der Waals surface area (Å²) in [5.41, 5.74) is 5.32. The number of nitrogens with zero attached hydrogens (tertiary/aromatic N) is 4. The minimum absolute atomic E-state index is 0.716. The molecule has 0 bridgehead atoms. The van der Waals surface area contributed by atoms with Crippen LogP contribution < -0.4 is 5.73 Å². The largest absolute Gasteiger partial charge is 0.330 e. The van der Waals surface area contributed by atoms with Crippen LogP contribution in [0.15, 0.2) is 5.16 Å². The van der Waals surface area contributed by atoms with Crippen molar-refractivity contribution in [2.75, 3.05) is 12.3 Å². The summed E-state index contributed by atoms with van der Waals surface area (Å²) in [6.07, 6.45) is 0.989. The number of aromatic nitrogens is 4. The third-order valence-electron chi connectivity index (χ3n) is 1.07. The zero-order valence-corrected chi connectivity index (χ0v) is 7.21. The monoisotopic (exact) mass is 173 g/mol. The van der Waals surface area contributed by atoms with E-state index in [1.54, 1.807) is 18.8 Å². The lowest BCUT2D eigenvalue weighted by molar-refractivity contribution is 0.626. The van der Waals surface area contributed by atoms with Crippen molar-refractivity contribution in [1.82, 2.24) is 20.2 Å². The van der Waals surface area contributed by atoms with Crippen LogP contribution in [0.5, 0.6) is 0 Å². The highest BCUT2D eigenvalue weighted by Gasteiger charge is 1.98. The van der Waals surface area contributed by atoms with Crippen molar-refractivity contribution < 1.29 is 0 Å². The normalized spacial score (nSPS) is 10.4. The van der Waals surface area contributed by atoms with Gasteiger partial charge < -0.3 is 5.73 Å². The second-order valence-corrected chi connectivity index (χ2v) is 3.11. The first-order valence-electron chi connectivity index (χ1n) is 3.40. The second kappa shape index (κ2) is 4.30. The van der Waals surface area contributed by atoms with Crippen LogP contribution in [0.2, 0.25) is 0 Å². The summed E-state index contributed by atoms with van der Waals surface area (Å²) in [6, 6.07) is 0. The van der Waals surface area contributed by atoms with Crippen LogP contribution in [-0.4, -0.2) is 32.5 Å². The number of aryl methyl sites for hydroxylation is 1. The van der Waals surface area contributed by atoms with Gasteiger partial charge in [-0.3, -0.25) is 0 Å².